The zero-order valence-corrected chi connectivity index (χ0v) is 12.9. The van der Waals surface area contributed by atoms with Crippen molar-refractivity contribution in [3.63, 3.8) is 0 Å². The molecule has 19 heavy (non-hydrogen) atoms. The molecule has 2 rings (SSSR count). The summed E-state index contributed by atoms with van der Waals surface area (Å²) in [6.07, 6.45) is 3.35. The molecular formula is C15H22BrNO2. The van der Waals surface area contributed by atoms with Crippen LogP contribution in [-0.4, -0.2) is 30.4 Å². The fraction of sp³-hybridized carbons (Fsp3) is 0.600. The Morgan fingerprint density at radius 3 is 2.74 bits per heavy atom. The van der Waals surface area contributed by atoms with Crippen LogP contribution in [0.25, 0.3) is 0 Å². The minimum Gasteiger partial charge on any atom is -0.491 e. The molecule has 0 aromatic heterocycles. The van der Waals surface area contributed by atoms with Gasteiger partial charge in [0.15, 0.2) is 0 Å². The highest BCUT2D eigenvalue weighted by Gasteiger charge is 2.23. The van der Waals surface area contributed by atoms with Crippen molar-refractivity contribution >= 4 is 15.9 Å². The Balaban J connectivity index is 1.66. The van der Waals surface area contributed by atoms with Crippen molar-refractivity contribution in [2.75, 3.05) is 13.2 Å². The minimum atomic E-state index is -0.462. The highest BCUT2D eigenvalue weighted by atomic mass is 79.9. The zero-order valence-electron chi connectivity index (χ0n) is 11.3. The number of aliphatic hydroxyl groups is 1. The first-order valence-electron chi connectivity index (χ1n) is 6.95. The van der Waals surface area contributed by atoms with E-state index in [1.54, 1.807) is 0 Å². The fourth-order valence-corrected chi connectivity index (χ4v) is 2.78. The lowest BCUT2D eigenvalue weighted by molar-refractivity contribution is 0.102. The van der Waals surface area contributed by atoms with Gasteiger partial charge in [0.05, 0.1) is 0 Å². The van der Waals surface area contributed by atoms with Crippen molar-refractivity contribution in [2.45, 2.75) is 38.3 Å². The third-order valence-electron chi connectivity index (χ3n) is 3.73. The van der Waals surface area contributed by atoms with Gasteiger partial charge in [-0.15, -0.1) is 0 Å². The molecule has 0 bridgehead atoms. The molecule has 1 aliphatic carbocycles. The summed E-state index contributed by atoms with van der Waals surface area (Å²) in [5.74, 6) is 1.51. The molecule has 0 heterocycles. The average molecular weight is 328 g/mol. The maximum Gasteiger partial charge on any atom is 0.119 e. The van der Waals surface area contributed by atoms with Gasteiger partial charge in [0.25, 0.3) is 0 Å². The van der Waals surface area contributed by atoms with E-state index in [4.69, 9.17) is 4.74 Å². The number of benzene rings is 1. The van der Waals surface area contributed by atoms with Gasteiger partial charge in [-0.05, 0) is 43.0 Å². The fourth-order valence-electron chi connectivity index (χ4n) is 2.52. The van der Waals surface area contributed by atoms with Crippen molar-refractivity contribution < 1.29 is 9.84 Å². The van der Waals surface area contributed by atoms with Crippen LogP contribution >= 0.6 is 15.9 Å². The summed E-state index contributed by atoms with van der Waals surface area (Å²) in [5, 5.41) is 13.4. The van der Waals surface area contributed by atoms with Gasteiger partial charge >= 0.3 is 0 Å². The standard InChI is InChI=1S/C15H22BrNO2/c1-11-3-2-4-15(11)17-9-13(18)10-19-14-7-5-12(16)6-8-14/h5-8,11,13,15,17-18H,2-4,9-10H2,1H3. The van der Waals surface area contributed by atoms with Gasteiger partial charge in [-0.3, -0.25) is 0 Å². The molecule has 3 atom stereocenters. The molecule has 2 N–H and O–H groups in total. The Hall–Kier alpha value is -0.580. The van der Waals surface area contributed by atoms with E-state index in [0.717, 1.165) is 16.1 Å². The van der Waals surface area contributed by atoms with E-state index in [-0.39, 0.29) is 0 Å². The molecule has 4 heteroatoms. The largest absolute Gasteiger partial charge is 0.491 e. The van der Waals surface area contributed by atoms with Crippen LogP contribution in [0.15, 0.2) is 28.7 Å². The summed E-state index contributed by atoms with van der Waals surface area (Å²) in [5.41, 5.74) is 0. The molecule has 1 aromatic carbocycles. The Bertz CT molecular complexity index is 382. The second-order valence-corrected chi connectivity index (χ2v) is 6.26. The van der Waals surface area contributed by atoms with Gasteiger partial charge in [0.2, 0.25) is 0 Å². The normalized spacial score (nSPS) is 24.4. The quantitative estimate of drug-likeness (QED) is 0.844. The second-order valence-electron chi connectivity index (χ2n) is 5.34. The summed E-state index contributed by atoms with van der Waals surface area (Å²) >= 11 is 3.38. The molecular weight excluding hydrogens is 306 g/mol. The van der Waals surface area contributed by atoms with Gasteiger partial charge in [-0.1, -0.05) is 29.3 Å². The predicted molar refractivity (Wildman–Crippen MR) is 80.4 cm³/mol. The monoisotopic (exact) mass is 327 g/mol. The topological polar surface area (TPSA) is 41.5 Å². The van der Waals surface area contributed by atoms with Gasteiger partial charge < -0.3 is 15.2 Å². The SMILES string of the molecule is CC1CCCC1NCC(O)COc1ccc(Br)cc1. The highest BCUT2D eigenvalue weighted by Crippen LogP contribution is 2.24. The zero-order chi connectivity index (χ0) is 13.7. The van der Waals surface area contributed by atoms with Gasteiger partial charge in [-0.25, -0.2) is 0 Å². The second kappa shape index (κ2) is 7.27. The van der Waals surface area contributed by atoms with E-state index in [1.165, 1.54) is 19.3 Å². The number of hydrogen-bond acceptors (Lipinski definition) is 3. The minimum absolute atomic E-state index is 0.329. The Labute approximate surface area is 123 Å². The molecule has 3 unspecified atom stereocenters. The Morgan fingerprint density at radius 1 is 1.37 bits per heavy atom. The smallest absolute Gasteiger partial charge is 0.119 e. The number of hydrogen-bond donors (Lipinski definition) is 2. The summed E-state index contributed by atoms with van der Waals surface area (Å²) < 4.78 is 6.58. The van der Waals surface area contributed by atoms with Crippen LogP contribution in [0.5, 0.6) is 5.75 Å². The van der Waals surface area contributed by atoms with E-state index < -0.39 is 6.10 Å². The maximum atomic E-state index is 9.91. The van der Waals surface area contributed by atoms with Crippen LogP contribution in [0.4, 0.5) is 0 Å². The maximum absolute atomic E-state index is 9.91. The third-order valence-corrected chi connectivity index (χ3v) is 4.26. The van der Waals surface area contributed by atoms with Crippen LogP contribution in [0.3, 0.4) is 0 Å². The molecule has 1 fully saturated rings. The third kappa shape index (κ3) is 4.79. The van der Waals surface area contributed by atoms with E-state index in [9.17, 15) is 5.11 Å². The summed E-state index contributed by atoms with van der Waals surface area (Å²) in [7, 11) is 0. The van der Waals surface area contributed by atoms with Crippen LogP contribution in [-0.2, 0) is 0 Å². The lowest BCUT2D eigenvalue weighted by Gasteiger charge is -2.20. The van der Waals surface area contributed by atoms with Crippen molar-refractivity contribution in [2.24, 2.45) is 5.92 Å². The summed E-state index contributed by atoms with van der Waals surface area (Å²) in [6, 6.07) is 8.20. The van der Waals surface area contributed by atoms with Crippen molar-refractivity contribution in [1.29, 1.82) is 0 Å². The molecule has 0 aliphatic heterocycles. The first kappa shape index (κ1) is 14.8. The number of aliphatic hydroxyl groups excluding tert-OH is 1. The highest BCUT2D eigenvalue weighted by molar-refractivity contribution is 9.10. The Morgan fingerprint density at radius 2 is 2.11 bits per heavy atom. The van der Waals surface area contributed by atoms with Gasteiger partial charge in [0, 0.05) is 17.1 Å². The van der Waals surface area contributed by atoms with Gasteiger partial charge in [-0.2, -0.15) is 0 Å². The molecule has 1 aliphatic rings. The number of halogens is 1. The van der Waals surface area contributed by atoms with Crippen molar-refractivity contribution in [1.82, 2.24) is 5.32 Å². The van der Waals surface area contributed by atoms with Gasteiger partial charge in [0.1, 0.15) is 18.5 Å². The lowest BCUT2D eigenvalue weighted by Crippen LogP contribution is -2.39. The molecule has 0 radical (unpaired) electrons. The molecule has 106 valence electrons. The molecule has 3 nitrogen and oxygen atoms in total. The first-order chi connectivity index (χ1) is 9.15. The van der Waals surface area contributed by atoms with E-state index in [1.807, 2.05) is 24.3 Å². The van der Waals surface area contributed by atoms with Crippen LogP contribution in [0, 0.1) is 5.92 Å². The summed E-state index contributed by atoms with van der Waals surface area (Å²) in [4.78, 5) is 0. The molecule has 1 aromatic rings. The number of ether oxygens (including phenoxy) is 1. The average Bonchev–Trinajstić information content (AvgIpc) is 2.81. The molecule has 0 saturated heterocycles. The molecule has 0 spiro atoms. The van der Waals surface area contributed by atoms with Crippen LogP contribution in [0.1, 0.15) is 26.2 Å². The van der Waals surface area contributed by atoms with E-state index in [0.29, 0.717) is 19.2 Å². The van der Waals surface area contributed by atoms with Crippen molar-refractivity contribution in [3.05, 3.63) is 28.7 Å². The van der Waals surface area contributed by atoms with E-state index in [2.05, 4.69) is 28.2 Å². The molecule has 1 saturated carbocycles. The van der Waals surface area contributed by atoms with E-state index >= 15 is 0 Å². The first-order valence-corrected chi connectivity index (χ1v) is 7.74. The molecule has 0 amide bonds. The predicted octanol–water partition coefficient (Wildman–Crippen LogP) is 2.97. The van der Waals surface area contributed by atoms with Crippen LogP contribution in [0.2, 0.25) is 0 Å². The number of nitrogens with one attached hydrogen (secondary N) is 1. The van der Waals surface area contributed by atoms with Crippen molar-refractivity contribution in [3.8, 4) is 5.75 Å². The Kier molecular flexibility index (Phi) is 5.67. The lowest BCUT2D eigenvalue weighted by atomic mass is 10.1. The summed E-state index contributed by atoms with van der Waals surface area (Å²) in [6.45, 7) is 3.21. The van der Waals surface area contributed by atoms with Crippen LogP contribution < -0.4 is 10.1 Å². The number of rotatable bonds is 6.